The SMILES string of the molecule is CCCCCCCC/C=C\CCCCCCCCC(O)(CC)OP(=O)(O)C(CO)CC[N+](C)(C)C. The van der Waals surface area contributed by atoms with Crippen molar-refractivity contribution in [3.63, 3.8) is 0 Å². The second-order valence-corrected chi connectivity index (χ2v) is 13.3. The Morgan fingerprint density at radius 2 is 1.34 bits per heavy atom. The quantitative estimate of drug-likeness (QED) is 0.0413. The number of unbranched alkanes of at least 4 members (excludes halogenated alkanes) is 12. The molecule has 0 rings (SSSR count). The molecule has 0 radical (unpaired) electrons. The molecule has 3 N–H and O–H groups in total. The van der Waals surface area contributed by atoms with Gasteiger partial charge >= 0.3 is 7.60 Å². The van der Waals surface area contributed by atoms with Crippen molar-refractivity contribution in [2.24, 2.45) is 0 Å². The number of hydrogen-bond acceptors (Lipinski definition) is 4. The molecule has 7 heteroatoms. The Bertz CT molecular complexity index is 578. The summed E-state index contributed by atoms with van der Waals surface area (Å²) in [6, 6.07) is 0. The van der Waals surface area contributed by atoms with Crippen molar-refractivity contribution >= 4 is 7.60 Å². The molecule has 0 aromatic carbocycles. The summed E-state index contributed by atoms with van der Waals surface area (Å²) in [5.41, 5.74) is -0.877. The molecule has 210 valence electrons. The Hall–Kier alpha value is -0.230. The Balaban J connectivity index is 4.03. The van der Waals surface area contributed by atoms with Gasteiger partial charge in [-0.05, 0) is 38.5 Å². The van der Waals surface area contributed by atoms with Gasteiger partial charge in [-0.1, -0.05) is 83.8 Å². The van der Waals surface area contributed by atoms with Crippen LogP contribution in [0.2, 0.25) is 0 Å². The summed E-state index contributed by atoms with van der Waals surface area (Å²) >= 11 is 0. The highest BCUT2D eigenvalue weighted by Crippen LogP contribution is 2.53. The van der Waals surface area contributed by atoms with Gasteiger partial charge in [0.15, 0.2) is 5.79 Å². The van der Waals surface area contributed by atoms with Gasteiger partial charge in [-0.15, -0.1) is 0 Å². The fourth-order valence-corrected chi connectivity index (χ4v) is 5.65. The van der Waals surface area contributed by atoms with Crippen LogP contribution in [-0.2, 0) is 9.09 Å². The molecule has 3 atom stereocenters. The topological polar surface area (TPSA) is 87.0 Å². The largest absolute Gasteiger partial charge is 0.395 e. The van der Waals surface area contributed by atoms with E-state index in [0.717, 1.165) is 25.7 Å². The number of aliphatic hydroxyl groups is 2. The van der Waals surface area contributed by atoms with Gasteiger partial charge in [-0.2, -0.15) is 0 Å². The highest BCUT2D eigenvalue weighted by Gasteiger charge is 2.40. The molecule has 0 saturated heterocycles. The molecule has 0 aliphatic carbocycles. The van der Waals surface area contributed by atoms with E-state index in [1.165, 1.54) is 64.2 Å². The average Bonchev–Trinajstić information content (AvgIpc) is 2.78. The van der Waals surface area contributed by atoms with Crippen molar-refractivity contribution in [1.82, 2.24) is 0 Å². The highest BCUT2D eigenvalue weighted by molar-refractivity contribution is 7.53. The average molecular weight is 521 g/mol. The Morgan fingerprint density at radius 3 is 1.80 bits per heavy atom. The van der Waals surface area contributed by atoms with Crippen molar-refractivity contribution in [2.45, 2.75) is 134 Å². The maximum Gasteiger partial charge on any atom is 0.336 e. The molecule has 35 heavy (non-hydrogen) atoms. The highest BCUT2D eigenvalue weighted by atomic mass is 31.2. The van der Waals surface area contributed by atoms with Gasteiger partial charge in [-0.25, -0.2) is 0 Å². The second kappa shape index (κ2) is 19.8. The third kappa shape index (κ3) is 19.5. The third-order valence-electron chi connectivity index (χ3n) is 6.74. The maximum absolute atomic E-state index is 12.8. The van der Waals surface area contributed by atoms with Gasteiger partial charge in [-0.3, -0.25) is 9.09 Å². The molecule has 0 fully saturated rings. The number of allylic oxidation sites excluding steroid dienone is 2. The van der Waals surface area contributed by atoms with Crippen LogP contribution in [0.15, 0.2) is 12.2 Å². The molecular weight excluding hydrogens is 461 g/mol. The molecule has 0 aliphatic heterocycles. The van der Waals surface area contributed by atoms with Crippen LogP contribution in [0.5, 0.6) is 0 Å². The summed E-state index contributed by atoms with van der Waals surface area (Å²) in [6.45, 7) is 4.23. The number of hydrogen-bond donors (Lipinski definition) is 3. The van der Waals surface area contributed by atoms with E-state index in [2.05, 4.69) is 19.1 Å². The lowest BCUT2D eigenvalue weighted by atomic mass is 10.0. The summed E-state index contributed by atoms with van der Waals surface area (Å²) < 4.78 is 18.8. The predicted octanol–water partition coefficient (Wildman–Crippen LogP) is 7.17. The summed E-state index contributed by atoms with van der Waals surface area (Å²) in [6.07, 6.45) is 22.5. The molecular formula is C28H59NO5P+. The van der Waals surface area contributed by atoms with Crippen LogP contribution in [-0.4, -0.2) is 65.3 Å². The van der Waals surface area contributed by atoms with Gasteiger partial charge in [0, 0.05) is 12.8 Å². The van der Waals surface area contributed by atoms with E-state index in [0.29, 0.717) is 23.9 Å². The molecule has 0 amide bonds. The minimum absolute atomic E-state index is 0.246. The molecule has 0 aromatic rings. The van der Waals surface area contributed by atoms with Crippen LogP contribution in [0.1, 0.15) is 123 Å². The van der Waals surface area contributed by atoms with Crippen molar-refractivity contribution in [3.05, 3.63) is 12.2 Å². The minimum atomic E-state index is -4.13. The predicted molar refractivity (Wildman–Crippen MR) is 149 cm³/mol. The van der Waals surface area contributed by atoms with Crippen molar-refractivity contribution in [2.75, 3.05) is 34.3 Å². The van der Waals surface area contributed by atoms with Gasteiger partial charge < -0.3 is 19.6 Å². The van der Waals surface area contributed by atoms with E-state index in [1.807, 2.05) is 21.1 Å². The van der Waals surface area contributed by atoms with E-state index in [9.17, 15) is 19.7 Å². The Morgan fingerprint density at radius 1 is 0.857 bits per heavy atom. The zero-order valence-electron chi connectivity index (χ0n) is 23.7. The number of nitrogens with zero attached hydrogens (tertiary/aromatic N) is 1. The minimum Gasteiger partial charge on any atom is -0.395 e. The summed E-state index contributed by atoms with van der Waals surface area (Å²) in [5, 5.41) is 20.4. The van der Waals surface area contributed by atoms with Gasteiger partial charge in [0.25, 0.3) is 0 Å². The first-order valence-electron chi connectivity index (χ1n) is 14.3. The lowest BCUT2D eigenvalue weighted by Crippen LogP contribution is -2.38. The van der Waals surface area contributed by atoms with Crippen LogP contribution in [0.4, 0.5) is 0 Å². The second-order valence-electron chi connectivity index (χ2n) is 11.3. The van der Waals surface area contributed by atoms with Crippen molar-refractivity contribution in [1.29, 1.82) is 0 Å². The zero-order valence-corrected chi connectivity index (χ0v) is 24.6. The van der Waals surface area contributed by atoms with Crippen LogP contribution < -0.4 is 0 Å². The molecule has 0 aliphatic rings. The molecule has 0 heterocycles. The van der Waals surface area contributed by atoms with Crippen LogP contribution in [0.3, 0.4) is 0 Å². The van der Waals surface area contributed by atoms with E-state index >= 15 is 0 Å². The maximum atomic E-state index is 12.8. The van der Waals surface area contributed by atoms with Gasteiger partial charge in [0.1, 0.15) is 0 Å². The molecule has 6 nitrogen and oxygen atoms in total. The Kier molecular flexibility index (Phi) is 19.7. The number of quaternary nitrogens is 1. The number of aliphatic hydroxyl groups excluding tert-OH is 1. The lowest BCUT2D eigenvalue weighted by molar-refractivity contribution is -0.870. The first kappa shape index (κ1) is 34.8. The standard InChI is InChI=1S/C28H58NO5P/c1-6-8-9-10-11-12-13-14-15-16-17-18-19-20-21-22-24-28(31,7-2)34-35(32,33)27(26-30)23-25-29(3,4)5/h14-15,27,30-31H,6-13,16-26H2,1-5H3/p+1/b15-14-. The summed E-state index contributed by atoms with van der Waals surface area (Å²) in [7, 11) is 1.85. The van der Waals surface area contributed by atoms with E-state index in [4.69, 9.17) is 4.52 Å². The smallest absolute Gasteiger partial charge is 0.336 e. The molecule has 0 bridgehead atoms. The van der Waals surface area contributed by atoms with E-state index < -0.39 is 25.6 Å². The normalized spacial score (nSPS) is 16.9. The van der Waals surface area contributed by atoms with E-state index in [1.54, 1.807) is 6.92 Å². The van der Waals surface area contributed by atoms with Crippen LogP contribution in [0.25, 0.3) is 0 Å². The summed E-state index contributed by atoms with van der Waals surface area (Å²) in [4.78, 5) is 10.5. The third-order valence-corrected chi connectivity index (χ3v) is 8.68. The first-order valence-corrected chi connectivity index (χ1v) is 16.0. The fraction of sp³-hybridized carbons (Fsp3) is 0.929. The van der Waals surface area contributed by atoms with Crippen molar-refractivity contribution < 1.29 is 28.7 Å². The Labute approximate surface area is 217 Å². The van der Waals surface area contributed by atoms with E-state index in [-0.39, 0.29) is 6.42 Å². The lowest BCUT2D eigenvalue weighted by Gasteiger charge is -2.33. The van der Waals surface area contributed by atoms with Crippen LogP contribution in [0, 0.1) is 0 Å². The van der Waals surface area contributed by atoms with Gasteiger partial charge in [0.05, 0.1) is 40.0 Å². The first-order chi connectivity index (χ1) is 16.5. The molecule has 0 spiro atoms. The fourth-order valence-electron chi connectivity index (χ4n) is 4.15. The molecule has 3 unspecified atom stereocenters. The molecule has 0 saturated carbocycles. The molecule has 0 aromatic heterocycles. The van der Waals surface area contributed by atoms with Gasteiger partial charge in [0.2, 0.25) is 0 Å². The van der Waals surface area contributed by atoms with Crippen LogP contribution >= 0.6 is 7.60 Å². The van der Waals surface area contributed by atoms with Crippen molar-refractivity contribution in [3.8, 4) is 0 Å². The number of rotatable bonds is 24. The zero-order chi connectivity index (χ0) is 26.6. The summed E-state index contributed by atoms with van der Waals surface area (Å²) in [5.74, 6) is -1.62. The monoisotopic (exact) mass is 520 g/mol.